The number of anilines is 1. The minimum absolute atomic E-state index is 0.00385. The molecule has 1 fully saturated rings. The third kappa shape index (κ3) is 3.29. The first-order valence-corrected chi connectivity index (χ1v) is 8.43. The SMILES string of the molecule is CCOc1ccccc1NC(=O)C1(c2ccccc2)CCOCC1. The zero-order valence-corrected chi connectivity index (χ0v) is 14.0. The maximum absolute atomic E-state index is 13.2. The van der Waals surface area contributed by atoms with Crippen LogP contribution in [0.3, 0.4) is 0 Å². The molecule has 0 bridgehead atoms. The Morgan fingerprint density at radius 1 is 1.08 bits per heavy atom. The summed E-state index contributed by atoms with van der Waals surface area (Å²) in [6, 6.07) is 17.5. The molecule has 24 heavy (non-hydrogen) atoms. The normalized spacial score (nSPS) is 16.4. The van der Waals surface area contributed by atoms with Gasteiger partial charge in [-0.1, -0.05) is 42.5 Å². The first kappa shape index (κ1) is 16.5. The Hall–Kier alpha value is -2.33. The van der Waals surface area contributed by atoms with Gasteiger partial charge in [0.25, 0.3) is 0 Å². The van der Waals surface area contributed by atoms with Crippen molar-refractivity contribution in [2.75, 3.05) is 25.1 Å². The van der Waals surface area contributed by atoms with E-state index >= 15 is 0 Å². The third-order valence-corrected chi connectivity index (χ3v) is 4.54. The van der Waals surface area contributed by atoms with Crippen molar-refractivity contribution in [3.05, 3.63) is 60.2 Å². The zero-order chi connectivity index (χ0) is 16.8. The van der Waals surface area contributed by atoms with Crippen molar-refractivity contribution in [3.63, 3.8) is 0 Å². The van der Waals surface area contributed by atoms with Crippen LogP contribution in [-0.2, 0) is 14.9 Å². The lowest BCUT2D eigenvalue weighted by Crippen LogP contribution is -2.44. The molecule has 4 nitrogen and oxygen atoms in total. The molecule has 0 spiro atoms. The number of carbonyl (C=O) groups is 1. The van der Waals surface area contributed by atoms with Gasteiger partial charge in [0.1, 0.15) is 5.75 Å². The summed E-state index contributed by atoms with van der Waals surface area (Å²) in [7, 11) is 0. The molecule has 0 aliphatic carbocycles. The molecule has 2 aromatic carbocycles. The van der Waals surface area contributed by atoms with Crippen molar-refractivity contribution in [1.82, 2.24) is 0 Å². The Morgan fingerprint density at radius 2 is 1.75 bits per heavy atom. The lowest BCUT2D eigenvalue weighted by atomic mass is 9.73. The summed E-state index contributed by atoms with van der Waals surface area (Å²) in [5, 5.41) is 3.08. The molecule has 0 radical (unpaired) electrons. The third-order valence-electron chi connectivity index (χ3n) is 4.54. The van der Waals surface area contributed by atoms with Crippen LogP contribution in [0, 0.1) is 0 Å². The largest absolute Gasteiger partial charge is 0.492 e. The summed E-state index contributed by atoms with van der Waals surface area (Å²) in [5.74, 6) is 0.702. The number of benzene rings is 2. The Labute approximate surface area is 142 Å². The minimum atomic E-state index is -0.557. The molecule has 0 unspecified atom stereocenters. The summed E-state index contributed by atoms with van der Waals surface area (Å²) in [6.07, 6.45) is 1.36. The number of amides is 1. The molecular weight excluding hydrogens is 302 g/mol. The highest BCUT2D eigenvalue weighted by Gasteiger charge is 2.41. The molecular formula is C20H23NO3. The highest BCUT2D eigenvalue weighted by Crippen LogP contribution is 2.37. The highest BCUT2D eigenvalue weighted by molar-refractivity contribution is 6.00. The Bertz CT molecular complexity index is 678. The van der Waals surface area contributed by atoms with Crippen molar-refractivity contribution >= 4 is 11.6 Å². The van der Waals surface area contributed by atoms with Crippen LogP contribution >= 0.6 is 0 Å². The molecule has 1 saturated heterocycles. The van der Waals surface area contributed by atoms with E-state index in [0.29, 0.717) is 44.1 Å². The minimum Gasteiger partial charge on any atom is -0.492 e. The molecule has 0 saturated carbocycles. The van der Waals surface area contributed by atoms with Gasteiger partial charge in [0.2, 0.25) is 5.91 Å². The van der Waals surface area contributed by atoms with Crippen molar-refractivity contribution in [2.45, 2.75) is 25.2 Å². The molecule has 1 heterocycles. The summed E-state index contributed by atoms with van der Waals surface area (Å²) >= 11 is 0. The number of nitrogens with one attached hydrogen (secondary N) is 1. The van der Waals surface area contributed by atoms with Gasteiger partial charge < -0.3 is 14.8 Å². The second-order valence-electron chi connectivity index (χ2n) is 5.94. The van der Waals surface area contributed by atoms with Crippen LogP contribution < -0.4 is 10.1 Å². The van der Waals surface area contributed by atoms with E-state index in [9.17, 15) is 4.79 Å². The molecule has 1 amide bonds. The average molecular weight is 325 g/mol. The number of carbonyl (C=O) groups excluding carboxylic acids is 1. The fraction of sp³-hybridized carbons (Fsp3) is 0.350. The van der Waals surface area contributed by atoms with Crippen molar-refractivity contribution in [1.29, 1.82) is 0 Å². The van der Waals surface area contributed by atoms with Gasteiger partial charge in [0, 0.05) is 13.2 Å². The summed E-state index contributed by atoms with van der Waals surface area (Å²) in [4.78, 5) is 13.2. The molecule has 4 heteroatoms. The van der Waals surface area contributed by atoms with Crippen LogP contribution in [0.15, 0.2) is 54.6 Å². The summed E-state index contributed by atoms with van der Waals surface area (Å²) in [6.45, 7) is 3.68. The van der Waals surface area contributed by atoms with Gasteiger partial charge in [-0.05, 0) is 37.5 Å². The molecule has 1 aliphatic rings. The first-order valence-electron chi connectivity index (χ1n) is 8.43. The van der Waals surface area contributed by atoms with Gasteiger partial charge in [-0.25, -0.2) is 0 Å². The Balaban J connectivity index is 1.90. The number of rotatable bonds is 5. The van der Waals surface area contributed by atoms with Crippen molar-refractivity contribution in [2.24, 2.45) is 0 Å². The molecule has 1 N–H and O–H groups in total. The van der Waals surface area contributed by atoms with E-state index < -0.39 is 5.41 Å². The molecule has 126 valence electrons. The molecule has 2 aromatic rings. The second kappa shape index (κ2) is 7.49. The smallest absolute Gasteiger partial charge is 0.235 e. The summed E-state index contributed by atoms with van der Waals surface area (Å²) in [5.41, 5.74) is 1.20. The monoisotopic (exact) mass is 325 g/mol. The van der Waals surface area contributed by atoms with E-state index in [2.05, 4.69) is 5.32 Å². The van der Waals surface area contributed by atoms with E-state index in [0.717, 1.165) is 5.56 Å². The van der Waals surface area contributed by atoms with Crippen LogP contribution in [-0.4, -0.2) is 25.7 Å². The van der Waals surface area contributed by atoms with E-state index in [4.69, 9.17) is 9.47 Å². The number of hydrogen-bond donors (Lipinski definition) is 1. The van der Waals surface area contributed by atoms with Gasteiger partial charge in [-0.3, -0.25) is 4.79 Å². The van der Waals surface area contributed by atoms with Crippen molar-refractivity contribution in [3.8, 4) is 5.75 Å². The fourth-order valence-corrected chi connectivity index (χ4v) is 3.22. The van der Waals surface area contributed by atoms with Crippen LogP contribution in [0.4, 0.5) is 5.69 Å². The Kier molecular flexibility index (Phi) is 5.16. The maximum Gasteiger partial charge on any atom is 0.235 e. The molecule has 0 aromatic heterocycles. The van der Waals surface area contributed by atoms with Gasteiger partial charge in [0.05, 0.1) is 17.7 Å². The van der Waals surface area contributed by atoms with Gasteiger partial charge in [-0.2, -0.15) is 0 Å². The lowest BCUT2D eigenvalue weighted by molar-refractivity contribution is -0.125. The molecule has 3 rings (SSSR count). The maximum atomic E-state index is 13.2. The number of para-hydroxylation sites is 2. The fourth-order valence-electron chi connectivity index (χ4n) is 3.22. The van der Waals surface area contributed by atoms with Crippen LogP contribution in [0.25, 0.3) is 0 Å². The summed E-state index contributed by atoms with van der Waals surface area (Å²) < 4.78 is 11.1. The van der Waals surface area contributed by atoms with Crippen LogP contribution in [0.5, 0.6) is 5.75 Å². The molecule has 0 atom stereocenters. The number of hydrogen-bond acceptors (Lipinski definition) is 3. The van der Waals surface area contributed by atoms with E-state index in [-0.39, 0.29) is 5.91 Å². The predicted octanol–water partition coefficient (Wildman–Crippen LogP) is 3.77. The quantitative estimate of drug-likeness (QED) is 0.910. The standard InChI is InChI=1S/C20H23NO3/c1-2-24-18-11-7-6-10-17(18)21-19(22)20(12-14-23-15-13-20)16-8-4-3-5-9-16/h3-11H,2,12-15H2,1H3,(H,21,22). The van der Waals surface area contributed by atoms with E-state index in [1.54, 1.807) is 0 Å². The molecule has 1 aliphatic heterocycles. The van der Waals surface area contributed by atoms with Gasteiger partial charge >= 0.3 is 0 Å². The topological polar surface area (TPSA) is 47.6 Å². The van der Waals surface area contributed by atoms with E-state index in [1.807, 2.05) is 61.5 Å². The Morgan fingerprint density at radius 3 is 2.46 bits per heavy atom. The second-order valence-corrected chi connectivity index (χ2v) is 5.94. The number of ether oxygens (including phenoxy) is 2. The van der Waals surface area contributed by atoms with Gasteiger partial charge in [-0.15, -0.1) is 0 Å². The van der Waals surface area contributed by atoms with Crippen LogP contribution in [0.1, 0.15) is 25.3 Å². The van der Waals surface area contributed by atoms with Crippen LogP contribution in [0.2, 0.25) is 0 Å². The van der Waals surface area contributed by atoms with E-state index in [1.165, 1.54) is 0 Å². The lowest BCUT2D eigenvalue weighted by Gasteiger charge is -2.36. The predicted molar refractivity (Wildman–Crippen MR) is 94.4 cm³/mol. The highest BCUT2D eigenvalue weighted by atomic mass is 16.5. The van der Waals surface area contributed by atoms with Gasteiger partial charge in [0.15, 0.2) is 0 Å². The average Bonchev–Trinajstić information content (AvgIpc) is 2.65. The first-order chi connectivity index (χ1) is 11.8. The zero-order valence-electron chi connectivity index (χ0n) is 14.0. The van der Waals surface area contributed by atoms with Crippen molar-refractivity contribution < 1.29 is 14.3 Å².